The predicted octanol–water partition coefficient (Wildman–Crippen LogP) is -0.388. The lowest BCUT2D eigenvalue weighted by atomic mass is 9.95. The summed E-state index contributed by atoms with van der Waals surface area (Å²) in [4.78, 5) is 114. The van der Waals surface area contributed by atoms with Crippen molar-refractivity contribution in [2.75, 3.05) is 13.1 Å². The Hall–Kier alpha value is -6.59. The van der Waals surface area contributed by atoms with Crippen LogP contribution in [-0.4, -0.2) is 102 Å². The monoisotopic (exact) mass is 834 g/mol. The van der Waals surface area contributed by atoms with Crippen molar-refractivity contribution >= 4 is 53.2 Å². The van der Waals surface area contributed by atoms with E-state index in [4.69, 9.17) is 5.73 Å². The highest BCUT2D eigenvalue weighted by Crippen LogP contribution is 2.13. The molecule has 0 aromatic heterocycles. The summed E-state index contributed by atoms with van der Waals surface area (Å²) >= 11 is 0. The first-order valence-electron chi connectivity index (χ1n) is 19.7. The second-order valence-corrected chi connectivity index (χ2v) is 15.0. The van der Waals surface area contributed by atoms with Crippen LogP contribution in [0, 0.1) is 17.8 Å². The zero-order valence-electron chi connectivity index (χ0n) is 34.8. The minimum Gasteiger partial charge on any atom is -0.480 e. The molecule has 2 aromatic rings. The van der Waals surface area contributed by atoms with Crippen molar-refractivity contribution < 1.29 is 48.3 Å². The molecule has 8 amide bonds. The number of benzene rings is 2. The zero-order chi connectivity index (χ0) is 44.9. The molecule has 0 aliphatic heterocycles. The van der Waals surface area contributed by atoms with Gasteiger partial charge in [0.05, 0.1) is 13.1 Å². The van der Waals surface area contributed by atoms with E-state index in [1.807, 2.05) is 6.92 Å². The summed E-state index contributed by atoms with van der Waals surface area (Å²) in [5.74, 6) is -8.37. The quantitative estimate of drug-likeness (QED) is 0.0618. The average Bonchev–Trinajstić information content (AvgIpc) is 3.20. The van der Waals surface area contributed by atoms with E-state index in [0.717, 1.165) is 12.2 Å². The molecule has 6 unspecified atom stereocenters. The number of carbonyl (C=O) groups is 9. The number of rotatable bonds is 24. The van der Waals surface area contributed by atoms with Crippen LogP contribution in [0.3, 0.4) is 0 Å². The number of aliphatic carboxylic acids is 1. The molecule has 60 heavy (non-hydrogen) atoms. The van der Waals surface area contributed by atoms with Gasteiger partial charge in [-0.05, 0) is 28.9 Å². The number of primary amides is 1. The van der Waals surface area contributed by atoms with Gasteiger partial charge in [-0.25, -0.2) is 4.79 Å². The van der Waals surface area contributed by atoms with Crippen LogP contribution in [-0.2, 0) is 56.0 Å². The van der Waals surface area contributed by atoms with Crippen molar-refractivity contribution in [1.29, 1.82) is 0 Å². The first-order valence-corrected chi connectivity index (χ1v) is 19.7. The van der Waals surface area contributed by atoms with Crippen molar-refractivity contribution in [3.8, 4) is 0 Å². The van der Waals surface area contributed by atoms with Gasteiger partial charge in [0.1, 0.15) is 30.2 Å². The van der Waals surface area contributed by atoms with Crippen LogP contribution in [0.1, 0.15) is 59.1 Å². The molecule has 0 aliphatic rings. The van der Waals surface area contributed by atoms with E-state index in [2.05, 4.69) is 37.2 Å². The molecule has 2 aromatic carbocycles. The summed E-state index contributed by atoms with van der Waals surface area (Å²) in [6.45, 7) is 9.26. The van der Waals surface area contributed by atoms with E-state index in [1.165, 1.54) is 0 Å². The minimum atomic E-state index is -1.26. The van der Waals surface area contributed by atoms with Crippen LogP contribution in [0.2, 0.25) is 0 Å². The Labute approximate surface area is 349 Å². The molecule has 0 fully saturated rings. The molecule has 0 saturated carbocycles. The van der Waals surface area contributed by atoms with Crippen LogP contribution in [0.15, 0.2) is 72.8 Å². The van der Waals surface area contributed by atoms with Crippen LogP contribution in [0.5, 0.6) is 0 Å². The normalized spacial score (nSPS) is 14.1. The molecule has 0 bridgehead atoms. The maximum atomic E-state index is 13.8. The number of hydrogen-bond donors (Lipinski definition) is 9. The van der Waals surface area contributed by atoms with Crippen LogP contribution >= 0.6 is 0 Å². The lowest BCUT2D eigenvalue weighted by Crippen LogP contribution is -2.61. The largest absolute Gasteiger partial charge is 0.480 e. The molecule has 0 radical (unpaired) electrons. The van der Waals surface area contributed by atoms with E-state index >= 15 is 0 Å². The number of carboxylic acids is 1. The fourth-order valence-corrected chi connectivity index (χ4v) is 5.74. The second kappa shape index (κ2) is 25.0. The smallest absolute Gasteiger partial charge is 0.326 e. The summed E-state index contributed by atoms with van der Waals surface area (Å²) in [5.41, 5.74) is 6.83. The summed E-state index contributed by atoms with van der Waals surface area (Å²) < 4.78 is 0. The van der Waals surface area contributed by atoms with Gasteiger partial charge in [-0.2, -0.15) is 0 Å². The zero-order valence-corrected chi connectivity index (χ0v) is 34.8. The van der Waals surface area contributed by atoms with E-state index < -0.39 is 108 Å². The number of amides is 8. The summed E-state index contributed by atoms with van der Waals surface area (Å²) in [6.07, 6.45) is 2.17. The first kappa shape index (κ1) is 49.6. The topological polar surface area (TPSA) is 284 Å². The van der Waals surface area contributed by atoms with Gasteiger partial charge in [0.15, 0.2) is 0 Å². The third-order valence-electron chi connectivity index (χ3n) is 9.40. The summed E-state index contributed by atoms with van der Waals surface area (Å²) in [5, 5.41) is 26.9. The van der Waals surface area contributed by atoms with E-state index in [9.17, 15) is 48.3 Å². The molecule has 0 spiro atoms. The molecule has 0 aliphatic carbocycles. The van der Waals surface area contributed by atoms with Gasteiger partial charge in [0.25, 0.3) is 0 Å². The highest BCUT2D eigenvalue weighted by atomic mass is 16.4. The minimum absolute atomic E-state index is 0.00123. The fourth-order valence-electron chi connectivity index (χ4n) is 5.74. The molecule has 10 N–H and O–H groups in total. The predicted molar refractivity (Wildman–Crippen MR) is 221 cm³/mol. The molecule has 18 nitrogen and oxygen atoms in total. The molecule has 0 heterocycles. The summed E-state index contributed by atoms with van der Waals surface area (Å²) in [6, 6.07) is 11.7. The second-order valence-electron chi connectivity index (χ2n) is 15.0. The van der Waals surface area contributed by atoms with Gasteiger partial charge in [-0.15, -0.1) is 0 Å². The Morgan fingerprint density at radius 1 is 0.567 bits per heavy atom. The Morgan fingerprint density at radius 3 is 1.53 bits per heavy atom. The van der Waals surface area contributed by atoms with Gasteiger partial charge in [0.2, 0.25) is 47.3 Å². The van der Waals surface area contributed by atoms with Crippen LogP contribution in [0.4, 0.5) is 0 Å². The lowest BCUT2D eigenvalue weighted by molar-refractivity contribution is -0.141. The number of nitrogens with two attached hydrogens (primary N) is 1. The maximum absolute atomic E-state index is 13.8. The van der Waals surface area contributed by atoms with Crippen molar-refractivity contribution in [2.45, 2.75) is 91.0 Å². The molecular weight excluding hydrogens is 777 g/mol. The molecular formula is C42H58N8O10. The molecule has 0 saturated heterocycles. The van der Waals surface area contributed by atoms with Gasteiger partial charge in [-0.1, -0.05) is 109 Å². The fraction of sp³-hybridized carbons (Fsp3) is 0.452. The highest BCUT2D eigenvalue weighted by molar-refractivity contribution is 6.00. The number of carbonyl (C=O) groups excluding carboxylic acids is 8. The average molecular weight is 835 g/mol. The Kier molecular flexibility index (Phi) is 20.7. The third-order valence-corrected chi connectivity index (χ3v) is 9.40. The number of carboxylic acid groups (broad SMARTS) is 1. The first-order chi connectivity index (χ1) is 28.3. The summed E-state index contributed by atoms with van der Waals surface area (Å²) in [7, 11) is 0. The lowest BCUT2D eigenvalue weighted by Gasteiger charge is -2.30. The van der Waals surface area contributed by atoms with Gasteiger partial charge in [-0.3, -0.25) is 38.4 Å². The molecule has 326 valence electrons. The van der Waals surface area contributed by atoms with E-state index in [1.54, 1.807) is 95.3 Å². The third kappa shape index (κ3) is 17.5. The van der Waals surface area contributed by atoms with E-state index in [0.29, 0.717) is 17.5 Å². The van der Waals surface area contributed by atoms with E-state index in [-0.39, 0.29) is 18.8 Å². The number of nitrogens with one attached hydrogen (secondary N) is 7. The highest BCUT2D eigenvalue weighted by Gasteiger charge is 2.35. The molecule has 6 atom stereocenters. The van der Waals surface area contributed by atoms with Crippen molar-refractivity contribution in [2.24, 2.45) is 23.5 Å². The van der Waals surface area contributed by atoms with Crippen LogP contribution in [0.25, 0.3) is 0 Å². The maximum Gasteiger partial charge on any atom is 0.326 e. The van der Waals surface area contributed by atoms with Crippen LogP contribution < -0.4 is 43.0 Å². The SMILES string of the molecule is CCC(C)C(NC(=O)C(Cc1ccccc1)NC(=O)C=CC(=O)NCC(=O)NCC(=O)NC(Cc1ccccc1)C(=O)O)C(=O)NC(C(=O)NC(C(N)=O)C(C)C)C(C)C. The molecule has 2 rings (SSSR count). The standard InChI is InChI=1S/C42H58N8O10/c1-7-26(6)37(41(58)49-36(25(4)5)40(57)48-35(24(2)3)38(43)55)50-39(56)29(20-27-14-10-8-11-15-27)46-32(52)19-18-31(51)44-22-33(53)45-23-34(54)47-30(42(59)60)21-28-16-12-9-13-17-28/h8-19,24-26,29-30,35-37H,7,20-23H2,1-6H3,(H2,43,55)(H,44,51)(H,45,53)(H,46,52)(H,47,54)(H,48,57)(H,49,58)(H,50,56)(H,59,60). The van der Waals surface area contributed by atoms with Crippen molar-refractivity contribution in [3.05, 3.63) is 83.9 Å². The van der Waals surface area contributed by atoms with Crippen molar-refractivity contribution in [1.82, 2.24) is 37.2 Å². The van der Waals surface area contributed by atoms with Crippen molar-refractivity contribution in [3.63, 3.8) is 0 Å². The number of hydrogen-bond acceptors (Lipinski definition) is 9. The Morgan fingerprint density at radius 2 is 1.03 bits per heavy atom. The van der Waals surface area contributed by atoms with Gasteiger partial charge in [0, 0.05) is 25.0 Å². The molecule has 18 heteroatoms. The Bertz CT molecular complexity index is 1840. The van der Waals surface area contributed by atoms with Gasteiger partial charge >= 0.3 is 5.97 Å². The Balaban J connectivity index is 2.06. The van der Waals surface area contributed by atoms with Gasteiger partial charge < -0.3 is 48.1 Å².